The number of benzene rings is 1. The van der Waals surface area contributed by atoms with Crippen molar-refractivity contribution in [2.75, 3.05) is 6.54 Å². The highest BCUT2D eigenvalue weighted by Crippen LogP contribution is 2.30. The zero-order valence-electron chi connectivity index (χ0n) is 11.9. The minimum absolute atomic E-state index is 0.773. The summed E-state index contributed by atoms with van der Waals surface area (Å²) in [6.07, 6.45) is 3.70. The van der Waals surface area contributed by atoms with Crippen LogP contribution < -0.4 is 5.32 Å². The fraction of sp³-hybridized carbons (Fsp3) is 0.438. The largest absolute Gasteiger partial charge is 0.314 e. The maximum atomic E-state index is 6.09. The summed E-state index contributed by atoms with van der Waals surface area (Å²) in [6, 6.07) is 6.91. The Bertz CT molecular complexity index is 617. The van der Waals surface area contributed by atoms with Gasteiger partial charge in [-0.3, -0.25) is 0 Å². The third-order valence-electron chi connectivity index (χ3n) is 3.62. The molecule has 106 valence electrons. The highest BCUT2D eigenvalue weighted by atomic mass is 35.5. The quantitative estimate of drug-likeness (QED) is 0.887. The molecule has 3 rings (SSSR count). The van der Waals surface area contributed by atoms with Gasteiger partial charge in [0.2, 0.25) is 0 Å². The van der Waals surface area contributed by atoms with Gasteiger partial charge in [-0.25, -0.2) is 4.98 Å². The van der Waals surface area contributed by atoms with E-state index in [9.17, 15) is 0 Å². The van der Waals surface area contributed by atoms with E-state index < -0.39 is 0 Å². The summed E-state index contributed by atoms with van der Waals surface area (Å²) in [5, 5.41) is 5.58. The summed E-state index contributed by atoms with van der Waals surface area (Å²) in [5.74, 6) is 0. The summed E-state index contributed by atoms with van der Waals surface area (Å²) in [4.78, 5) is 6.09. The normalized spacial score (nSPS) is 14.8. The highest BCUT2D eigenvalue weighted by molar-refractivity contribution is 7.12. The minimum atomic E-state index is 0.773. The first-order valence-corrected chi connectivity index (χ1v) is 8.29. The SMILES string of the molecule is Cc1cc(-c2nc(CCNC3CC3)sc2C)ccc1Cl. The lowest BCUT2D eigenvalue weighted by Crippen LogP contribution is -2.19. The highest BCUT2D eigenvalue weighted by Gasteiger charge is 2.20. The second-order valence-electron chi connectivity index (χ2n) is 5.45. The van der Waals surface area contributed by atoms with Gasteiger partial charge in [-0.05, 0) is 44.4 Å². The van der Waals surface area contributed by atoms with E-state index in [0.29, 0.717) is 0 Å². The van der Waals surface area contributed by atoms with Crippen molar-refractivity contribution in [3.63, 3.8) is 0 Å². The molecule has 0 unspecified atom stereocenters. The van der Waals surface area contributed by atoms with Crippen LogP contribution in [0.4, 0.5) is 0 Å². The topological polar surface area (TPSA) is 24.9 Å². The molecule has 4 heteroatoms. The van der Waals surface area contributed by atoms with E-state index in [2.05, 4.69) is 24.4 Å². The predicted molar refractivity (Wildman–Crippen MR) is 86.8 cm³/mol. The van der Waals surface area contributed by atoms with Gasteiger partial charge in [-0.2, -0.15) is 0 Å². The molecule has 2 nitrogen and oxygen atoms in total. The monoisotopic (exact) mass is 306 g/mol. The number of rotatable bonds is 5. The summed E-state index contributed by atoms with van der Waals surface area (Å²) >= 11 is 7.90. The summed E-state index contributed by atoms with van der Waals surface area (Å²) in [5.41, 5.74) is 3.38. The van der Waals surface area contributed by atoms with Crippen LogP contribution in [0.3, 0.4) is 0 Å². The molecule has 1 aliphatic rings. The predicted octanol–water partition coefficient (Wildman–Crippen LogP) is 4.37. The lowest BCUT2D eigenvalue weighted by Gasteiger charge is -2.02. The number of aryl methyl sites for hydroxylation is 2. The van der Waals surface area contributed by atoms with Crippen LogP contribution in [0.1, 0.15) is 28.3 Å². The van der Waals surface area contributed by atoms with Crippen molar-refractivity contribution in [2.24, 2.45) is 0 Å². The molecule has 1 aromatic heterocycles. The standard InChI is InChI=1S/C16H19ClN2S/c1-10-9-12(3-6-14(10)17)16-11(2)20-15(19-16)7-8-18-13-4-5-13/h3,6,9,13,18H,4-5,7-8H2,1-2H3. The Balaban J connectivity index is 1.74. The zero-order valence-corrected chi connectivity index (χ0v) is 13.4. The molecule has 1 aromatic carbocycles. The number of hydrogen-bond acceptors (Lipinski definition) is 3. The molecular formula is C16H19ClN2S. The second kappa shape index (κ2) is 5.84. The number of nitrogens with one attached hydrogen (secondary N) is 1. The van der Waals surface area contributed by atoms with Crippen molar-refractivity contribution < 1.29 is 0 Å². The van der Waals surface area contributed by atoms with Crippen LogP contribution in [0.15, 0.2) is 18.2 Å². The van der Waals surface area contributed by atoms with Gasteiger partial charge in [0, 0.05) is 34.5 Å². The minimum Gasteiger partial charge on any atom is -0.314 e. The molecule has 0 spiro atoms. The van der Waals surface area contributed by atoms with E-state index in [1.54, 1.807) is 0 Å². The first-order chi connectivity index (χ1) is 9.63. The Morgan fingerprint density at radius 3 is 2.85 bits per heavy atom. The average molecular weight is 307 g/mol. The molecule has 1 fully saturated rings. The van der Waals surface area contributed by atoms with Gasteiger partial charge >= 0.3 is 0 Å². The molecule has 0 bridgehead atoms. The van der Waals surface area contributed by atoms with Gasteiger partial charge in [0.1, 0.15) is 0 Å². The summed E-state index contributed by atoms with van der Waals surface area (Å²) in [7, 11) is 0. The molecule has 1 saturated carbocycles. The maximum Gasteiger partial charge on any atom is 0.0948 e. The third-order valence-corrected chi connectivity index (χ3v) is 5.08. The first kappa shape index (κ1) is 14.1. The Labute approximate surface area is 129 Å². The molecule has 1 heterocycles. The van der Waals surface area contributed by atoms with Gasteiger partial charge in [-0.15, -0.1) is 11.3 Å². The first-order valence-electron chi connectivity index (χ1n) is 7.09. The number of nitrogens with zero attached hydrogens (tertiary/aromatic N) is 1. The number of aromatic nitrogens is 1. The van der Waals surface area contributed by atoms with E-state index in [0.717, 1.165) is 35.3 Å². The van der Waals surface area contributed by atoms with Crippen molar-refractivity contribution in [3.05, 3.63) is 38.7 Å². The van der Waals surface area contributed by atoms with Crippen LogP contribution in [0.2, 0.25) is 5.02 Å². The third kappa shape index (κ3) is 3.22. The Morgan fingerprint density at radius 1 is 1.35 bits per heavy atom. The van der Waals surface area contributed by atoms with E-state index >= 15 is 0 Å². The van der Waals surface area contributed by atoms with E-state index in [4.69, 9.17) is 16.6 Å². The van der Waals surface area contributed by atoms with Gasteiger partial charge < -0.3 is 5.32 Å². The van der Waals surface area contributed by atoms with Crippen molar-refractivity contribution in [1.29, 1.82) is 0 Å². The molecular weight excluding hydrogens is 288 g/mol. The molecule has 2 aromatic rings. The van der Waals surface area contributed by atoms with E-state index in [1.807, 2.05) is 24.3 Å². The van der Waals surface area contributed by atoms with Crippen LogP contribution in [-0.2, 0) is 6.42 Å². The van der Waals surface area contributed by atoms with Crippen molar-refractivity contribution in [2.45, 2.75) is 39.2 Å². The van der Waals surface area contributed by atoms with Gasteiger partial charge in [0.15, 0.2) is 0 Å². The lowest BCUT2D eigenvalue weighted by molar-refractivity contribution is 0.680. The number of halogens is 1. The second-order valence-corrected chi connectivity index (χ2v) is 7.15. The maximum absolute atomic E-state index is 6.09. The lowest BCUT2D eigenvalue weighted by atomic mass is 10.1. The van der Waals surface area contributed by atoms with Crippen LogP contribution >= 0.6 is 22.9 Å². The fourth-order valence-electron chi connectivity index (χ4n) is 2.29. The smallest absolute Gasteiger partial charge is 0.0948 e. The van der Waals surface area contributed by atoms with Crippen LogP contribution in [0.25, 0.3) is 11.3 Å². The molecule has 0 aliphatic heterocycles. The number of thiazole rings is 1. The molecule has 0 saturated heterocycles. The Hall–Kier alpha value is -0.900. The van der Waals surface area contributed by atoms with Crippen LogP contribution in [0, 0.1) is 13.8 Å². The average Bonchev–Trinajstić information content (AvgIpc) is 3.16. The molecule has 1 N–H and O–H groups in total. The zero-order chi connectivity index (χ0) is 14.1. The van der Waals surface area contributed by atoms with Crippen LogP contribution in [-0.4, -0.2) is 17.6 Å². The summed E-state index contributed by atoms with van der Waals surface area (Å²) < 4.78 is 0. The molecule has 1 aliphatic carbocycles. The van der Waals surface area contributed by atoms with Crippen LogP contribution in [0.5, 0.6) is 0 Å². The Morgan fingerprint density at radius 2 is 2.15 bits per heavy atom. The van der Waals surface area contributed by atoms with Crippen molar-refractivity contribution >= 4 is 22.9 Å². The molecule has 0 atom stereocenters. The van der Waals surface area contributed by atoms with Crippen molar-refractivity contribution in [3.8, 4) is 11.3 Å². The van der Waals surface area contributed by atoms with E-state index in [1.165, 1.54) is 28.3 Å². The van der Waals surface area contributed by atoms with Gasteiger partial charge in [-0.1, -0.05) is 17.7 Å². The molecule has 0 amide bonds. The van der Waals surface area contributed by atoms with Crippen molar-refractivity contribution in [1.82, 2.24) is 10.3 Å². The Kier molecular flexibility index (Phi) is 4.11. The van der Waals surface area contributed by atoms with Gasteiger partial charge in [0.25, 0.3) is 0 Å². The molecule has 0 radical (unpaired) electrons. The van der Waals surface area contributed by atoms with E-state index in [-0.39, 0.29) is 0 Å². The number of hydrogen-bond donors (Lipinski definition) is 1. The molecule has 20 heavy (non-hydrogen) atoms. The fourth-order valence-corrected chi connectivity index (χ4v) is 3.36. The van der Waals surface area contributed by atoms with Gasteiger partial charge in [0.05, 0.1) is 10.7 Å². The summed E-state index contributed by atoms with van der Waals surface area (Å²) in [6.45, 7) is 5.22.